The molecule has 0 aromatic rings. The maximum atomic E-state index is 11.9. The van der Waals surface area contributed by atoms with Crippen molar-refractivity contribution in [3.63, 3.8) is 0 Å². The normalized spacial score (nSPS) is 15.6. The van der Waals surface area contributed by atoms with E-state index in [4.69, 9.17) is 4.74 Å². The van der Waals surface area contributed by atoms with Crippen LogP contribution in [0.2, 0.25) is 0 Å². The van der Waals surface area contributed by atoms with Crippen molar-refractivity contribution in [3.05, 3.63) is 24.3 Å². The number of carbonyl (C=O) groups excluding carboxylic acids is 1. The first kappa shape index (κ1) is 34.8. The fraction of sp³-hybridized carbons (Fsp3) is 0.808. The van der Waals surface area contributed by atoms with E-state index in [1.807, 2.05) is 4.90 Å². The van der Waals surface area contributed by atoms with E-state index >= 15 is 0 Å². The number of carbonyl (C=O) groups is 1. The van der Waals surface area contributed by atoms with E-state index in [2.05, 4.69) is 36.1 Å². The topological polar surface area (TPSA) is 90.0 Å². The minimum Gasteiger partial charge on any atom is -0.748 e. The van der Waals surface area contributed by atoms with E-state index in [0.717, 1.165) is 58.3 Å². The molecule has 1 aliphatic rings. The largest absolute Gasteiger partial charge is 1.00 e. The van der Waals surface area contributed by atoms with E-state index < -0.39 is 10.1 Å². The van der Waals surface area contributed by atoms with Gasteiger partial charge >= 0.3 is 35.5 Å². The van der Waals surface area contributed by atoms with Gasteiger partial charge in [0.25, 0.3) is 0 Å². The van der Waals surface area contributed by atoms with Crippen LogP contribution in [0.25, 0.3) is 0 Å². The predicted octanol–water partition coefficient (Wildman–Crippen LogP) is 1.51. The Hall–Kier alpha value is -0.220. The molecule has 0 N–H and O–H groups in total. The molecule has 0 atom stereocenters. The minimum atomic E-state index is -4.15. The molecule has 198 valence electrons. The van der Waals surface area contributed by atoms with Gasteiger partial charge in [-0.2, -0.15) is 0 Å². The Kier molecular flexibility index (Phi) is 22.8. The third-order valence-electron chi connectivity index (χ3n) is 6.12. The summed E-state index contributed by atoms with van der Waals surface area (Å²) >= 11 is 0. The van der Waals surface area contributed by atoms with Crippen LogP contribution in [-0.4, -0.2) is 80.4 Å². The molecule has 35 heavy (non-hydrogen) atoms. The predicted molar refractivity (Wildman–Crippen MR) is 138 cm³/mol. The van der Waals surface area contributed by atoms with Gasteiger partial charge in [0, 0.05) is 45.7 Å². The van der Waals surface area contributed by atoms with Crippen LogP contribution in [0.1, 0.15) is 84.0 Å². The number of esters is 1. The number of hydrogen-bond donors (Lipinski definition) is 0. The monoisotopic (exact) mass is 522 g/mol. The van der Waals surface area contributed by atoms with Crippen LogP contribution in [-0.2, 0) is 19.6 Å². The third kappa shape index (κ3) is 22.7. The number of allylic oxidation sites excluding steroid dienone is 4. The molecule has 0 aliphatic carbocycles. The molecule has 0 radical (unpaired) electrons. The summed E-state index contributed by atoms with van der Waals surface area (Å²) in [5, 5.41) is 0. The van der Waals surface area contributed by atoms with Crippen LogP contribution in [0.4, 0.5) is 0 Å². The molecule has 1 heterocycles. The number of piperazine rings is 1. The number of unbranched alkanes of at least 4 members (excludes halogenated alkanes) is 8. The Bertz CT molecular complexity index is 677. The fourth-order valence-electron chi connectivity index (χ4n) is 3.92. The first-order chi connectivity index (χ1) is 16.4. The van der Waals surface area contributed by atoms with Crippen molar-refractivity contribution in [1.82, 2.24) is 9.80 Å². The summed E-state index contributed by atoms with van der Waals surface area (Å²) < 4.78 is 37.5. The number of hydrogen-bond acceptors (Lipinski definition) is 7. The second-order valence-electron chi connectivity index (χ2n) is 9.15. The van der Waals surface area contributed by atoms with E-state index in [0.29, 0.717) is 26.1 Å². The van der Waals surface area contributed by atoms with Gasteiger partial charge in [-0.15, -0.1) is 0 Å². The van der Waals surface area contributed by atoms with Crippen molar-refractivity contribution in [2.45, 2.75) is 84.0 Å². The van der Waals surface area contributed by atoms with Crippen LogP contribution in [0.3, 0.4) is 0 Å². The second-order valence-corrected chi connectivity index (χ2v) is 10.7. The molecule has 0 aromatic heterocycles. The van der Waals surface area contributed by atoms with Gasteiger partial charge in [-0.1, -0.05) is 63.3 Å². The zero-order valence-corrected chi connectivity index (χ0v) is 25.1. The molecule has 0 amide bonds. The van der Waals surface area contributed by atoms with Crippen LogP contribution in [0.5, 0.6) is 0 Å². The summed E-state index contributed by atoms with van der Waals surface area (Å²) in [5.41, 5.74) is 0. The molecule has 0 spiro atoms. The van der Waals surface area contributed by atoms with Crippen LogP contribution in [0.15, 0.2) is 24.3 Å². The molecule has 7 nitrogen and oxygen atoms in total. The molecule has 1 saturated heterocycles. The Morgan fingerprint density at radius 3 is 1.97 bits per heavy atom. The zero-order valence-electron chi connectivity index (χ0n) is 22.3. The molecular formula is C26H47N2NaO5S. The van der Waals surface area contributed by atoms with Crippen molar-refractivity contribution in [3.8, 4) is 0 Å². The fourth-order valence-corrected chi connectivity index (χ4v) is 4.40. The molecule has 0 unspecified atom stereocenters. The van der Waals surface area contributed by atoms with E-state index in [9.17, 15) is 17.8 Å². The molecule has 0 bridgehead atoms. The minimum absolute atomic E-state index is 0. The Balaban J connectivity index is 0.0000116. The van der Waals surface area contributed by atoms with E-state index in [1.165, 1.54) is 38.5 Å². The molecular weight excluding hydrogens is 475 g/mol. The number of ether oxygens (including phenoxy) is 1. The number of rotatable bonds is 20. The van der Waals surface area contributed by atoms with Gasteiger partial charge in [0.2, 0.25) is 0 Å². The van der Waals surface area contributed by atoms with Crippen LogP contribution in [0, 0.1) is 0 Å². The zero-order chi connectivity index (χ0) is 24.9. The summed E-state index contributed by atoms with van der Waals surface area (Å²) in [7, 11) is -4.15. The summed E-state index contributed by atoms with van der Waals surface area (Å²) in [5.74, 6) is -0.455. The maximum Gasteiger partial charge on any atom is 1.00 e. The third-order valence-corrected chi connectivity index (χ3v) is 6.81. The molecule has 1 rings (SSSR count). The van der Waals surface area contributed by atoms with E-state index in [-0.39, 0.29) is 41.3 Å². The van der Waals surface area contributed by atoms with Gasteiger partial charge in [0.05, 0.1) is 15.9 Å². The first-order valence-electron chi connectivity index (χ1n) is 13.2. The second kappa shape index (κ2) is 22.9. The quantitative estimate of drug-likeness (QED) is 0.0787. The SMILES string of the molecule is CCCCCC=CCC=CCCCCCCCC(=O)OCCN1CCN(CCS(=O)(=O)[O-])CC1.[Na+]. The molecule has 0 aromatic carbocycles. The van der Waals surface area contributed by atoms with Gasteiger partial charge < -0.3 is 9.29 Å². The Morgan fingerprint density at radius 2 is 1.37 bits per heavy atom. The number of nitrogens with zero attached hydrogens (tertiary/aromatic N) is 2. The molecule has 1 fully saturated rings. The van der Waals surface area contributed by atoms with Gasteiger partial charge in [-0.25, -0.2) is 8.42 Å². The average Bonchev–Trinajstić information content (AvgIpc) is 2.80. The summed E-state index contributed by atoms with van der Waals surface area (Å²) in [4.78, 5) is 16.1. The molecule has 1 aliphatic heterocycles. The van der Waals surface area contributed by atoms with Crippen molar-refractivity contribution >= 4 is 16.1 Å². The van der Waals surface area contributed by atoms with Crippen molar-refractivity contribution in [2.24, 2.45) is 0 Å². The first-order valence-corrected chi connectivity index (χ1v) is 14.8. The smallest absolute Gasteiger partial charge is 0.748 e. The van der Waals surface area contributed by atoms with Crippen molar-refractivity contribution < 1.29 is 52.1 Å². The van der Waals surface area contributed by atoms with Crippen molar-refractivity contribution in [2.75, 3.05) is 51.6 Å². The van der Waals surface area contributed by atoms with Gasteiger partial charge in [-0.3, -0.25) is 14.6 Å². The molecule has 0 saturated carbocycles. The maximum absolute atomic E-state index is 11.9. The summed E-state index contributed by atoms with van der Waals surface area (Å²) in [6.45, 7) is 6.67. The van der Waals surface area contributed by atoms with Crippen LogP contribution < -0.4 is 29.6 Å². The summed E-state index contributed by atoms with van der Waals surface area (Å²) in [6, 6.07) is 0. The van der Waals surface area contributed by atoms with Crippen LogP contribution >= 0.6 is 0 Å². The van der Waals surface area contributed by atoms with Gasteiger partial charge in [0.15, 0.2) is 0 Å². The average molecular weight is 523 g/mol. The van der Waals surface area contributed by atoms with Gasteiger partial charge in [-0.05, 0) is 38.5 Å². The standard InChI is InChI=1S/C26H48N2O5S.Na/c1-2-3-4-5-6-7-8-9-10-11-12-13-14-15-16-17-26(29)33-24-22-27-18-20-28(21-19-27)23-25-34(30,31)32;/h6-7,9-10H,2-5,8,11-25H2,1H3,(H,30,31,32);/q;+1/p-1. The summed E-state index contributed by atoms with van der Waals surface area (Å²) in [6.07, 6.45) is 22.4. The van der Waals surface area contributed by atoms with Gasteiger partial charge in [0.1, 0.15) is 6.61 Å². The molecule has 9 heteroatoms. The van der Waals surface area contributed by atoms with Crippen molar-refractivity contribution in [1.29, 1.82) is 0 Å². The van der Waals surface area contributed by atoms with E-state index in [1.54, 1.807) is 0 Å². The Labute approximate surface area is 236 Å². The Morgan fingerprint density at radius 1 is 0.829 bits per heavy atom.